The first-order chi connectivity index (χ1) is 17.9. The van der Waals surface area contributed by atoms with E-state index < -0.39 is 30.1 Å². The molecular formula is C26H37N3O8. The monoisotopic (exact) mass is 519 g/mol. The number of nitrogens with one attached hydrogen (secondary N) is 1. The summed E-state index contributed by atoms with van der Waals surface area (Å²) in [5.74, 6) is -0.403. The lowest BCUT2D eigenvalue weighted by atomic mass is 9.77. The van der Waals surface area contributed by atoms with E-state index in [1.165, 1.54) is 7.11 Å². The Morgan fingerprint density at radius 1 is 1.24 bits per heavy atom. The largest absolute Gasteiger partial charge is 0.493 e. The second kappa shape index (κ2) is 12.2. The highest BCUT2D eigenvalue weighted by Crippen LogP contribution is 2.51. The average Bonchev–Trinajstić information content (AvgIpc) is 3.32. The van der Waals surface area contributed by atoms with E-state index in [2.05, 4.69) is 10.2 Å². The molecule has 2 aliphatic heterocycles. The molecule has 1 aliphatic carbocycles. The van der Waals surface area contributed by atoms with E-state index in [4.69, 9.17) is 14.2 Å². The van der Waals surface area contributed by atoms with Gasteiger partial charge in [-0.05, 0) is 23.8 Å². The van der Waals surface area contributed by atoms with Gasteiger partial charge in [0.2, 0.25) is 11.8 Å². The van der Waals surface area contributed by atoms with Crippen LogP contribution < -0.4 is 14.8 Å². The minimum atomic E-state index is -1.12. The average molecular weight is 520 g/mol. The van der Waals surface area contributed by atoms with Crippen LogP contribution in [0.25, 0.3) is 0 Å². The Hall–Kier alpha value is -2.70. The maximum Gasteiger partial charge on any atom is 0.247 e. The predicted molar refractivity (Wildman–Crippen MR) is 133 cm³/mol. The highest BCUT2D eigenvalue weighted by Gasteiger charge is 2.51. The molecule has 4 rings (SSSR count). The Morgan fingerprint density at radius 3 is 2.65 bits per heavy atom. The van der Waals surface area contributed by atoms with Crippen molar-refractivity contribution >= 4 is 11.8 Å². The fourth-order valence-corrected chi connectivity index (χ4v) is 5.34. The summed E-state index contributed by atoms with van der Waals surface area (Å²) >= 11 is 0. The first-order valence-electron chi connectivity index (χ1n) is 12.8. The standard InChI is InChI=1S/C26H37N3O8/c1-3-21(32)29(6-5-28-7-10-36-11-8-28)19-14-18(26(34)27-4-9-30)22-17-12-16(15-31)13-20(35-2)24(17)37-25(22)23(19)33/h12-14,19,22-23,25,30-31,33H,3-11,15H2,1-2H3,(H,27,34)/t19-,22+,23+,25+/m1/s1. The third kappa shape index (κ3) is 5.60. The number of benzene rings is 1. The fourth-order valence-electron chi connectivity index (χ4n) is 5.34. The van der Waals surface area contributed by atoms with E-state index in [0.29, 0.717) is 54.5 Å². The molecule has 0 unspecified atom stereocenters. The van der Waals surface area contributed by atoms with Crippen molar-refractivity contribution in [1.82, 2.24) is 15.1 Å². The third-order valence-corrected chi connectivity index (χ3v) is 7.24. The first-order valence-corrected chi connectivity index (χ1v) is 12.8. The van der Waals surface area contributed by atoms with E-state index in [1.807, 2.05) is 0 Å². The number of morpholine rings is 1. The minimum absolute atomic E-state index is 0.0587. The van der Waals surface area contributed by atoms with Crippen LogP contribution in [0.1, 0.15) is 30.4 Å². The third-order valence-electron chi connectivity index (χ3n) is 7.24. The molecule has 1 saturated heterocycles. The van der Waals surface area contributed by atoms with Gasteiger partial charge < -0.3 is 39.7 Å². The molecule has 0 aromatic heterocycles. The van der Waals surface area contributed by atoms with E-state index in [-0.39, 0.29) is 32.1 Å². The molecule has 0 spiro atoms. The van der Waals surface area contributed by atoms with Crippen LogP contribution >= 0.6 is 0 Å². The first kappa shape index (κ1) is 27.3. The highest BCUT2D eigenvalue weighted by molar-refractivity contribution is 5.96. The number of aliphatic hydroxyl groups excluding tert-OH is 3. The molecule has 0 saturated carbocycles. The van der Waals surface area contributed by atoms with E-state index >= 15 is 0 Å². The highest BCUT2D eigenvalue weighted by atomic mass is 16.5. The number of carbonyl (C=O) groups is 2. The van der Waals surface area contributed by atoms with Crippen LogP contribution in [-0.2, 0) is 20.9 Å². The molecule has 2 amide bonds. The summed E-state index contributed by atoms with van der Waals surface area (Å²) < 4.78 is 17.1. The molecule has 4 N–H and O–H groups in total. The Labute approximate surface area is 216 Å². The SMILES string of the molecule is CCC(=O)N(CCN1CCOCC1)[C@@H]1C=C(C(=O)NCCO)[C@@H]2c3cc(CO)cc(OC)c3O[C@@H]2[C@H]1O. The van der Waals surface area contributed by atoms with Crippen molar-refractivity contribution in [3.8, 4) is 11.5 Å². The summed E-state index contributed by atoms with van der Waals surface area (Å²) in [6.45, 7) is 5.15. The summed E-state index contributed by atoms with van der Waals surface area (Å²) in [4.78, 5) is 30.2. The van der Waals surface area contributed by atoms with Crippen LogP contribution in [0.2, 0.25) is 0 Å². The Morgan fingerprint density at radius 2 is 2.00 bits per heavy atom. The van der Waals surface area contributed by atoms with Gasteiger partial charge in [0.1, 0.15) is 12.2 Å². The van der Waals surface area contributed by atoms with Crippen LogP contribution in [0.3, 0.4) is 0 Å². The zero-order chi connectivity index (χ0) is 26.5. The molecule has 4 atom stereocenters. The van der Waals surface area contributed by atoms with Crippen LogP contribution in [0.15, 0.2) is 23.8 Å². The topological polar surface area (TPSA) is 141 Å². The number of rotatable bonds is 10. The second-order valence-electron chi connectivity index (χ2n) is 9.41. The number of carbonyl (C=O) groups excluding carboxylic acids is 2. The number of hydrogen-bond donors (Lipinski definition) is 4. The van der Waals surface area contributed by atoms with Crippen molar-refractivity contribution < 1.29 is 39.1 Å². The minimum Gasteiger partial charge on any atom is -0.493 e. The zero-order valence-electron chi connectivity index (χ0n) is 21.4. The molecule has 2 heterocycles. The van der Waals surface area contributed by atoms with Crippen molar-refractivity contribution in [1.29, 1.82) is 0 Å². The number of amides is 2. The molecule has 1 fully saturated rings. The zero-order valence-corrected chi connectivity index (χ0v) is 21.4. The van der Waals surface area contributed by atoms with Crippen LogP contribution in [0, 0.1) is 0 Å². The van der Waals surface area contributed by atoms with Gasteiger partial charge >= 0.3 is 0 Å². The second-order valence-corrected chi connectivity index (χ2v) is 9.41. The lowest BCUT2D eigenvalue weighted by Crippen LogP contribution is -2.57. The van der Waals surface area contributed by atoms with Gasteiger partial charge in [0, 0.05) is 50.3 Å². The molecule has 37 heavy (non-hydrogen) atoms. The molecule has 204 valence electrons. The van der Waals surface area contributed by atoms with Crippen LogP contribution in [0.5, 0.6) is 11.5 Å². The van der Waals surface area contributed by atoms with Crippen LogP contribution in [0.4, 0.5) is 0 Å². The van der Waals surface area contributed by atoms with Gasteiger partial charge in [-0.1, -0.05) is 6.92 Å². The van der Waals surface area contributed by atoms with Gasteiger partial charge in [0.05, 0.1) is 45.5 Å². The molecule has 3 aliphatic rings. The number of methoxy groups -OCH3 is 1. The summed E-state index contributed by atoms with van der Waals surface area (Å²) in [6.07, 6.45) is -0.0654. The molecule has 1 aromatic rings. The Balaban J connectivity index is 1.72. The predicted octanol–water partition coefficient (Wildman–Crippen LogP) is -0.619. The molecule has 0 bridgehead atoms. The van der Waals surface area contributed by atoms with Gasteiger partial charge in [0.15, 0.2) is 11.5 Å². The van der Waals surface area contributed by atoms with E-state index in [9.17, 15) is 24.9 Å². The summed E-state index contributed by atoms with van der Waals surface area (Å²) in [7, 11) is 1.49. The number of nitrogens with zero attached hydrogens (tertiary/aromatic N) is 2. The molecule has 1 aromatic carbocycles. The quantitative estimate of drug-likeness (QED) is 0.318. The Bertz CT molecular complexity index is 1010. The van der Waals surface area contributed by atoms with Gasteiger partial charge in [-0.3, -0.25) is 14.5 Å². The smallest absolute Gasteiger partial charge is 0.247 e. The number of fused-ring (bicyclic) bond motifs is 3. The van der Waals surface area contributed by atoms with Crippen LogP contribution in [-0.4, -0.2) is 115 Å². The summed E-state index contributed by atoms with van der Waals surface area (Å²) in [5.41, 5.74) is 1.54. The van der Waals surface area contributed by atoms with Gasteiger partial charge in [-0.25, -0.2) is 0 Å². The number of aliphatic hydroxyl groups is 3. The number of ether oxygens (including phenoxy) is 3. The van der Waals surface area contributed by atoms with Crippen molar-refractivity contribution in [2.75, 3.05) is 59.7 Å². The summed E-state index contributed by atoms with van der Waals surface area (Å²) in [5, 5.41) is 33.3. The summed E-state index contributed by atoms with van der Waals surface area (Å²) in [6, 6.07) is 2.61. The molecule has 11 nitrogen and oxygen atoms in total. The normalized spacial score (nSPS) is 24.9. The number of hydrogen-bond acceptors (Lipinski definition) is 9. The van der Waals surface area contributed by atoms with Crippen molar-refractivity contribution in [3.63, 3.8) is 0 Å². The van der Waals surface area contributed by atoms with Crippen molar-refractivity contribution in [3.05, 3.63) is 34.9 Å². The molecular weight excluding hydrogens is 482 g/mol. The van der Waals surface area contributed by atoms with E-state index in [0.717, 1.165) is 13.1 Å². The van der Waals surface area contributed by atoms with Crippen molar-refractivity contribution in [2.24, 2.45) is 0 Å². The van der Waals surface area contributed by atoms with Gasteiger partial charge in [0.25, 0.3) is 0 Å². The van der Waals surface area contributed by atoms with Crippen molar-refractivity contribution in [2.45, 2.75) is 44.1 Å². The van der Waals surface area contributed by atoms with Gasteiger partial charge in [-0.2, -0.15) is 0 Å². The van der Waals surface area contributed by atoms with E-state index in [1.54, 1.807) is 30.0 Å². The van der Waals surface area contributed by atoms with Gasteiger partial charge in [-0.15, -0.1) is 0 Å². The lowest BCUT2D eigenvalue weighted by molar-refractivity contribution is -0.137. The fraction of sp³-hybridized carbons (Fsp3) is 0.615. The molecule has 11 heteroatoms. The maximum absolute atomic E-state index is 13.3. The molecule has 0 radical (unpaired) electrons. The lowest BCUT2D eigenvalue weighted by Gasteiger charge is -2.41. The Kier molecular flexibility index (Phi) is 9.04. The maximum atomic E-state index is 13.3.